The Morgan fingerprint density at radius 1 is 1.00 bits per heavy atom. The lowest BCUT2D eigenvalue weighted by Crippen LogP contribution is -2.09. The molecule has 1 aromatic heterocycles. The molecule has 0 radical (unpaired) electrons. The van der Waals surface area contributed by atoms with Crippen LogP contribution in [0.15, 0.2) is 45.7 Å². The van der Waals surface area contributed by atoms with Gasteiger partial charge in [0.25, 0.3) is 10.1 Å². The summed E-state index contributed by atoms with van der Waals surface area (Å²) < 4.78 is 39.6. The predicted molar refractivity (Wildman–Crippen MR) is 82.0 cm³/mol. The van der Waals surface area contributed by atoms with E-state index in [4.69, 9.17) is 13.3 Å². The lowest BCUT2D eigenvalue weighted by Gasteiger charge is -2.06. The molecule has 2 rings (SSSR count). The van der Waals surface area contributed by atoms with Crippen LogP contribution in [0.2, 0.25) is 0 Å². The van der Waals surface area contributed by atoms with Crippen LogP contribution in [0.5, 0.6) is 0 Å². The molecule has 6 heteroatoms. The van der Waals surface area contributed by atoms with Crippen molar-refractivity contribution in [1.29, 1.82) is 0 Å². The first kappa shape index (κ1) is 16.7. The summed E-state index contributed by atoms with van der Waals surface area (Å²) >= 11 is 0. The fraction of sp³-hybridized carbons (Fsp3) is 0.375. The Labute approximate surface area is 131 Å². The van der Waals surface area contributed by atoms with Crippen LogP contribution >= 0.6 is 0 Å². The summed E-state index contributed by atoms with van der Waals surface area (Å²) in [6.07, 6.45) is 0.491. The van der Waals surface area contributed by atoms with Gasteiger partial charge in [0.15, 0.2) is 0 Å². The number of benzene rings is 1. The third-order valence-electron chi connectivity index (χ3n) is 3.02. The molecule has 0 N–H and O–H groups in total. The lowest BCUT2D eigenvalue weighted by atomic mass is 10.2. The van der Waals surface area contributed by atoms with Gasteiger partial charge in [-0.2, -0.15) is 8.42 Å². The Morgan fingerprint density at radius 3 is 2.36 bits per heavy atom. The molecule has 0 atom stereocenters. The van der Waals surface area contributed by atoms with Crippen LogP contribution in [-0.4, -0.2) is 21.6 Å². The van der Waals surface area contributed by atoms with Gasteiger partial charge in [0.2, 0.25) is 0 Å². The molecule has 0 aliphatic carbocycles. The first-order valence-electron chi connectivity index (χ1n) is 7.06. The SMILES string of the molecule is Cc1ccc(S(=O)(=O)OCCCOCc2ccc(C)o2)cc1. The monoisotopic (exact) mass is 324 g/mol. The summed E-state index contributed by atoms with van der Waals surface area (Å²) in [5, 5.41) is 0. The molecule has 0 unspecified atom stereocenters. The summed E-state index contributed by atoms with van der Waals surface area (Å²) in [5.41, 5.74) is 1.00. The number of ether oxygens (including phenoxy) is 1. The normalized spacial score (nSPS) is 11.7. The van der Waals surface area contributed by atoms with E-state index in [0.717, 1.165) is 17.1 Å². The standard InChI is InChI=1S/C16H20O5S/c1-13-4-8-16(9-5-13)22(17,18)20-11-3-10-19-12-15-7-6-14(2)21-15/h4-9H,3,10-12H2,1-2H3. The maximum Gasteiger partial charge on any atom is 0.296 e. The van der Waals surface area contributed by atoms with Crippen LogP contribution in [0.25, 0.3) is 0 Å². The minimum Gasteiger partial charge on any atom is -0.464 e. The summed E-state index contributed by atoms with van der Waals surface area (Å²) in [5.74, 6) is 1.59. The predicted octanol–water partition coefficient (Wildman–Crippen LogP) is 3.21. The van der Waals surface area contributed by atoms with E-state index in [-0.39, 0.29) is 11.5 Å². The van der Waals surface area contributed by atoms with Crippen LogP contribution in [0.1, 0.15) is 23.5 Å². The Bertz CT molecular complexity index is 686. The van der Waals surface area contributed by atoms with Gasteiger partial charge in [0.05, 0.1) is 11.5 Å². The summed E-state index contributed by atoms with van der Waals surface area (Å²) in [6.45, 7) is 4.64. The average molecular weight is 324 g/mol. The van der Waals surface area contributed by atoms with Crippen LogP contribution in [-0.2, 0) is 25.6 Å². The van der Waals surface area contributed by atoms with Crippen molar-refractivity contribution < 1.29 is 21.8 Å². The zero-order chi connectivity index (χ0) is 16.0. The second-order valence-corrected chi connectivity index (χ2v) is 6.62. The molecule has 0 aliphatic heterocycles. The molecule has 0 fully saturated rings. The van der Waals surface area contributed by atoms with Crippen LogP contribution in [0.3, 0.4) is 0 Å². The molecule has 0 amide bonds. The van der Waals surface area contributed by atoms with E-state index < -0.39 is 10.1 Å². The molecule has 2 aromatic rings. The molecule has 22 heavy (non-hydrogen) atoms. The average Bonchev–Trinajstić information content (AvgIpc) is 2.89. The van der Waals surface area contributed by atoms with Crippen molar-refractivity contribution in [3.05, 3.63) is 53.5 Å². The minimum absolute atomic E-state index is 0.0907. The van der Waals surface area contributed by atoms with Gasteiger partial charge in [-0.1, -0.05) is 17.7 Å². The Kier molecular flexibility index (Phi) is 5.76. The number of hydrogen-bond donors (Lipinski definition) is 0. The van der Waals surface area contributed by atoms with E-state index in [0.29, 0.717) is 19.6 Å². The first-order valence-corrected chi connectivity index (χ1v) is 8.47. The molecule has 0 bridgehead atoms. The number of furan rings is 1. The molecule has 0 aliphatic rings. The Balaban J connectivity index is 1.68. The number of hydrogen-bond acceptors (Lipinski definition) is 5. The summed E-state index contributed by atoms with van der Waals surface area (Å²) in [4.78, 5) is 0.171. The van der Waals surface area contributed by atoms with Crippen LogP contribution < -0.4 is 0 Å². The van der Waals surface area contributed by atoms with Gasteiger partial charge in [-0.25, -0.2) is 0 Å². The van der Waals surface area contributed by atoms with Gasteiger partial charge < -0.3 is 9.15 Å². The van der Waals surface area contributed by atoms with Gasteiger partial charge in [0, 0.05) is 6.61 Å². The zero-order valence-corrected chi connectivity index (χ0v) is 13.6. The third kappa shape index (κ3) is 4.98. The molecular weight excluding hydrogens is 304 g/mol. The van der Waals surface area contributed by atoms with Crippen LogP contribution in [0, 0.1) is 13.8 Å². The van der Waals surface area contributed by atoms with E-state index in [1.807, 2.05) is 26.0 Å². The highest BCUT2D eigenvalue weighted by Crippen LogP contribution is 2.13. The van der Waals surface area contributed by atoms with Crippen molar-refractivity contribution in [3.63, 3.8) is 0 Å². The topological polar surface area (TPSA) is 65.7 Å². The fourth-order valence-electron chi connectivity index (χ4n) is 1.84. The molecule has 0 saturated carbocycles. The van der Waals surface area contributed by atoms with E-state index in [2.05, 4.69) is 0 Å². The van der Waals surface area contributed by atoms with Crippen molar-refractivity contribution in [2.75, 3.05) is 13.2 Å². The van der Waals surface area contributed by atoms with Crippen molar-refractivity contribution in [2.24, 2.45) is 0 Å². The van der Waals surface area contributed by atoms with Gasteiger partial charge in [-0.05, 0) is 44.5 Å². The maximum absolute atomic E-state index is 11.9. The lowest BCUT2D eigenvalue weighted by molar-refractivity contribution is 0.0945. The molecule has 0 spiro atoms. The third-order valence-corrected chi connectivity index (χ3v) is 4.35. The van der Waals surface area contributed by atoms with Crippen molar-refractivity contribution in [2.45, 2.75) is 31.8 Å². The van der Waals surface area contributed by atoms with Gasteiger partial charge in [-0.15, -0.1) is 0 Å². The summed E-state index contributed by atoms with van der Waals surface area (Å²) in [7, 11) is -3.69. The second-order valence-electron chi connectivity index (χ2n) is 5.01. The number of rotatable bonds is 8. The highest BCUT2D eigenvalue weighted by Gasteiger charge is 2.14. The Hall–Kier alpha value is -1.63. The largest absolute Gasteiger partial charge is 0.464 e. The smallest absolute Gasteiger partial charge is 0.296 e. The van der Waals surface area contributed by atoms with Gasteiger partial charge in [0.1, 0.15) is 18.1 Å². The fourth-order valence-corrected chi connectivity index (χ4v) is 2.78. The van der Waals surface area contributed by atoms with Crippen molar-refractivity contribution >= 4 is 10.1 Å². The quantitative estimate of drug-likeness (QED) is 0.551. The molecule has 5 nitrogen and oxygen atoms in total. The second kappa shape index (κ2) is 7.58. The van der Waals surface area contributed by atoms with Gasteiger partial charge >= 0.3 is 0 Å². The molecule has 1 heterocycles. The molecule has 120 valence electrons. The molecular formula is C16H20O5S. The van der Waals surface area contributed by atoms with Gasteiger partial charge in [-0.3, -0.25) is 4.18 Å². The Morgan fingerprint density at radius 2 is 1.73 bits per heavy atom. The summed E-state index contributed by atoms with van der Waals surface area (Å²) in [6, 6.07) is 10.3. The molecule has 0 saturated heterocycles. The molecule has 1 aromatic carbocycles. The van der Waals surface area contributed by atoms with Crippen molar-refractivity contribution in [1.82, 2.24) is 0 Å². The van der Waals surface area contributed by atoms with Crippen LogP contribution in [0.4, 0.5) is 0 Å². The van der Waals surface area contributed by atoms with E-state index in [9.17, 15) is 8.42 Å². The maximum atomic E-state index is 11.9. The van der Waals surface area contributed by atoms with E-state index in [1.165, 1.54) is 0 Å². The highest BCUT2D eigenvalue weighted by molar-refractivity contribution is 7.86. The highest BCUT2D eigenvalue weighted by atomic mass is 32.2. The first-order chi connectivity index (χ1) is 10.5. The van der Waals surface area contributed by atoms with E-state index in [1.54, 1.807) is 24.3 Å². The van der Waals surface area contributed by atoms with E-state index >= 15 is 0 Å². The number of aryl methyl sites for hydroxylation is 2. The minimum atomic E-state index is -3.69. The zero-order valence-electron chi connectivity index (χ0n) is 12.7. The van der Waals surface area contributed by atoms with Crippen molar-refractivity contribution in [3.8, 4) is 0 Å².